The number of ether oxygens (including phenoxy) is 1. The van der Waals surface area contributed by atoms with Crippen LogP contribution in [-0.4, -0.2) is 66.0 Å². The summed E-state index contributed by atoms with van der Waals surface area (Å²) in [5, 5.41) is 13.6. The second-order valence-electron chi connectivity index (χ2n) is 8.86. The van der Waals surface area contributed by atoms with Crippen molar-refractivity contribution in [3.63, 3.8) is 0 Å². The Balaban J connectivity index is 0.000000886. The van der Waals surface area contributed by atoms with Crippen LogP contribution in [0.15, 0.2) is 78.9 Å². The third kappa shape index (κ3) is 10.2. The lowest BCUT2D eigenvalue weighted by Crippen LogP contribution is -2.47. The smallest absolute Gasteiger partial charge is 0.291 e. The molecule has 0 amide bonds. The van der Waals surface area contributed by atoms with Crippen molar-refractivity contribution in [1.29, 1.82) is 0 Å². The predicted octanol–water partition coefficient (Wildman–Crippen LogP) is 4.97. The van der Waals surface area contributed by atoms with Crippen LogP contribution in [0.4, 0.5) is 8.78 Å². The Morgan fingerprint density at radius 1 is 0.811 bits per heavy atom. The Bertz CT molecular complexity index is 1010. The Morgan fingerprint density at radius 2 is 1.27 bits per heavy atom. The molecule has 1 N–H and O–H groups in total. The molecule has 1 aliphatic heterocycles. The van der Waals surface area contributed by atoms with Crippen molar-refractivity contribution < 1.29 is 23.8 Å². The number of hydrogen-bond donors (Lipinski definition) is 1. The summed E-state index contributed by atoms with van der Waals surface area (Å²) in [6.45, 7) is 6.77. The molecule has 9 heteroatoms. The zero-order valence-corrected chi connectivity index (χ0v) is 20.7. The van der Waals surface area contributed by atoms with Gasteiger partial charge in [0.25, 0.3) is 5.09 Å². The molecule has 3 aromatic rings. The summed E-state index contributed by atoms with van der Waals surface area (Å²) >= 11 is 0. The number of halogens is 2. The molecule has 1 saturated heterocycles. The Kier molecular flexibility index (Phi) is 11.4. The van der Waals surface area contributed by atoms with Gasteiger partial charge in [0, 0.05) is 32.7 Å². The van der Waals surface area contributed by atoms with Crippen LogP contribution < -0.4 is 0 Å². The minimum absolute atomic E-state index is 0.279. The van der Waals surface area contributed by atoms with E-state index in [2.05, 4.69) is 40.1 Å². The fourth-order valence-corrected chi connectivity index (χ4v) is 4.35. The van der Waals surface area contributed by atoms with Gasteiger partial charge < -0.3 is 14.8 Å². The van der Waals surface area contributed by atoms with E-state index in [-0.39, 0.29) is 17.7 Å². The van der Waals surface area contributed by atoms with Gasteiger partial charge >= 0.3 is 0 Å². The summed E-state index contributed by atoms with van der Waals surface area (Å²) in [7, 11) is 0. The Labute approximate surface area is 216 Å². The van der Waals surface area contributed by atoms with Crippen LogP contribution in [0.25, 0.3) is 0 Å². The van der Waals surface area contributed by atoms with Gasteiger partial charge in [0.05, 0.1) is 6.61 Å². The van der Waals surface area contributed by atoms with Crippen molar-refractivity contribution in [2.75, 3.05) is 45.9 Å². The average molecular weight is 514 g/mol. The SMILES string of the molecule is Fc1ccc(C(OCCN2CCN(CCCc3ccccc3)CC2)c2ccc(F)cc2)cc1.O=[N+]([O-])O. The van der Waals surface area contributed by atoms with Gasteiger partial charge in [-0.05, 0) is 60.3 Å². The van der Waals surface area contributed by atoms with E-state index < -0.39 is 5.09 Å². The van der Waals surface area contributed by atoms with Crippen LogP contribution in [-0.2, 0) is 11.2 Å². The van der Waals surface area contributed by atoms with E-state index in [0.29, 0.717) is 6.61 Å². The monoisotopic (exact) mass is 513 g/mol. The van der Waals surface area contributed by atoms with Crippen molar-refractivity contribution >= 4 is 0 Å². The first kappa shape index (κ1) is 28.2. The van der Waals surface area contributed by atoms with E-state index in [1.807, 2.05) is 0 Å². The van der Waals surface area contributed by atoms with Crippen LogP contribution in [0, 0.1) is 21.7 Å². The minimum atomic E-state index is -1.50. The summed E-state index contributed by atoms with van der Waals surface area (Å²) in [5.41, 5.74) is 3.14. The van der Waals surface area contributed by atoms with Crippen molar-refractivity contribution in [2.24, 2.45) is 0 Å². The maximum Gasteiger partial charge on any atom is 0.291 e. The fraction of sp³-hybridized carbons (Fsp3) is 0.357. The van der Waals surface area contributed by atoms with Gasteiger partial charge in [0.15, 0.2) is 0 Å². The predicted molar refractivity (Wildman–Crippen MR) is 137 cm³/mol. The number of benzene rings is 3. The number of piperazine rings is 1. The first-order valence-corrected chi connectivity index (χ1v) is 12.3. The van der Waals surface area contributed by atoms with Crippen LogP contribution >= 0.6 is 0 Å². The molecule has 0 aliphatic carbocycles. The summed E-state index contributed by atoms with van der Waals surface area (Å²) in [4.78, 5) is 13.3. The minimum Gasteiger partial charge on any atom is -0.367 e. The lowest BCUT2D eigenvalue weighted by Gasteiger charge is -2.35. The lowest BCUT2D eigenvalue weighted by atomic mass is 10.0. The van der Waals surface area contributed by atoms with Crippen LogP contribution in [0.3, 0.4) is 0 Å². The van der Waals surface area contributed by atoms with Gasteiger partial charge in [-0.1, -0.05) is 54.6 Å². The normalized spacial score (nSPS) is 14.2. The molecule has 0 aromatic heterocycles. The van der Waals surface area contributed by atoms with E-state index >= 15 is 0 Å². The molecule has 0 unspecified atom stereocenters. The summed E-state index contributed by atoms with van der Waals surface area (Å²) in [5.74, 6) is -0.559. The van der Waals surface area contributed by atoms with Crippen LogP contribution in [0.2, 0.25) is 0 Å². The van der Waals surface area contributed by atoms with E-state index in [1.54, 1.807) is 24.3 Å². The highest BCUT2D eigenvalue weighted by Gasteiger charge is 2.19. The van der Waals surface area contributed by atoms with E-state index in [0.717, 1.165) is 56.8 Å². The number of aryl methyl sites for hydroxylation is 1. The molecule has 0 spiro atoms. The largest absolute Gasteiger partial charge is 0.367 e. The van der Waals surface area contributed by atoms with Gasteiger partial charge in [0.1, 0.15) is 17.7 Å². The van der Waals surface area contributed by atoms with Crippen LogP contribution in [0.1, 0.15) is 29.2 Å². The molecule has 198 valence electrons. The molecule has 4 rings (SSSR count). The number of hydrogen-bond acceptors (Lipinski definition) is 5. The highest BCUT2D eigenvalue weighted by Crippen LogP contribution is 2.26. The Morgan fingerprint density at radius 3 is 1.76 bits per heavy atom. The Hall–Kier alpha value is -3.40. The number of rotatable bonds is 10. The van der Waals surface area contributed by atoms with Gasteiger partial charge in [-0.2, -0.15) is 0 Å². The van der Waals surface area contributed by atoms with Crippen molar-refractivity contribution in [2.45, 2.75) is 18.9 Å². The third-order valence-electron chi connectivity index (χ3n) is 6.29. The lowest BCUT2D eigenvalue weighted by molar-refractivity contribution is -0.742. The first-order chi connectivity index (χ1) is 17.9. The van der Waals surface area contributed by atoms with Crippen molar-refractivity contribution in [3.05, 3.63) is 117 Å². The second kappa shape index (κ2) is 15.0. The van der Waals surface area contributed by atoms with Gasteiger partial charge in [-0.25, -0.2) is 8.78 Å². The molecular weight excluding hydrogens is 480 g/mol. The number of nitrogens with zero attached hydrogens (tertiary/aromatic N) is 3. The molecule has 7 nitrogen and oxygen atoms in total. The molecule has 1 heterocycles. The quantitative estimate of drug-likeness (QED) is 0.305. The van der Waals surface area contributed by atoms with E-state index in [9.17, 15) is 8.78 Å². The molecule has 0 radical (unpaired) electrons. The maximum atomic E-state index is 13.4. The van der Waals surface area contributed by atoms with Gasteiger partial charge in [0.2, 0.25) is 0 Å². The van der Waals surface area contributed by atoms with E-state index in [4.69, 9.17) is 20.1 Å². The summed E-state index contributed by atoms with van der Waals surface area (Å²) in [6.07, 6.45) is 1.97. The highest BCUT2D eigenvalue weighted by molar-refractivity contribution is 5.30. The van der Waals surface area contributed by atoms with Crippen LogP contribution in [0.5, 0.6) is 0 Å². The molecule has 0 bridgehead atoms. The molecular formula is C28H33F2N3O4. The summed E-state index contributed by atoms with van der Waals surface area (Å²) < 4.78 is 33.0. The molecule has 1 aliphatic rings. The molecule has 37 heavy (non-hydrogen) atoms. The average Bonchev–Trinajstić information content (AvgIpc) is 2.89. The summed E-state index contributed by atoms with van der Waals surface area (Å²) in [6, 6.07) is 23.3. The second-order valence-corrected chi connectivity index (χ2v) is 8.86. The topological polar surface area (TPSA) is 79.1 Å². The standard InChI is InChI=1S/C28H32F2N2O.HNO3/c29-26-12-8-24(9-13-26)28(25-10-14-27(30)15-11-25)33-22-21-32-19-17-31(18-20-32)16-4-7-23-5-2-1-3-6-23;2-1(3)4/h1-3,5-6,8-15,28H,4,7,16-22H2;(H,2,3,4). The molecule has 0 saturated carbocycles. The highest BCUT2D eigenvalue weighted by atomic mass is 19.1. The third-order valence-corrected chi connectivity index (χ3v) is 6.29. The first-order valence-electron chi connectivity index (χ1n) is 12.3. The molecule has 3 aromatic carbocycles. The zero-order chi connectivity index (χ0) is 26.5. The van der Waals surface area contributed by atoms with Gasteiger partial charge in [-0.3, -0.25) is 4.90 Å². The molecule has 1 fully saturated rings. The van der Waals surface area contributed by atoms with Crippen molar-refractivity contribution in [3.8, 4) is 0 Å². The van der Waals surface area contributed by atoms with E-state index in [1.165, 1.54) is 36.2 Å². The maximum absolute atomic E-state index is 13.4. The zero-order valence-electron chi connectivity index (χ0n) is 20.7. The fourth-order valence-electron chi connectivity index (χ4n) is 4.35. The van der Waals surface area contributed by atoms with Gasteiger partial charge in [-0.15, -0.1) is 10.1 Å². The van der Waals surface area contributed by atoms with Crippen molar-refractivity contribution in [1.82, 2.24) is 9.80 Å². The molecule has 0 atom stereocenters.